The van der Waals surface area contributed by atoms with Crippen molar-refractivity contribution in [1.82, 2.24) is 4.98 Å². The van der Waals surface area contributed by atoms with E-state index < -0.39 is 0 Å². The highest BCUT2D eigenvalue weighted by atomic mass is 16.5. The molecule has 4 nitrogen and oxygen atoms in total. The van der Waals surface area contributed by atoms with Crippen LogP contribution in [-0.4, -0.2) is 18.1 Å². The zero-order valence-corrected chi connectivity index (χ0v) is 11.3. The molecule has 1 aliphatic carbocycles. The van der Waals surface area contributed by atoms with Gasteiger partial charge in [0.2, 0.25) is 0 Å². The lowest BCUT2D eigenvalue weighted by atomic mass is 9.95. The molecular weight excluding hydrogens is 240 g/mol. The van der Waals surface area contributed by atoms with E-state index in [1.165, 1.54) is 19.3 Å². The van der Waals surface area contributed by atoms with E-state index in [0.29, 0.717) is 0 Å². The van der Waals surface area contributed by atoms with Crippen LogP contribution >= 0.6 is 0 Å². The smallest absolute Gasteiger partial charge is 0.200 e. The predicted molar refractivity (Wildman–Crippen MR) is 74.4 cm³/mol. The van der Waals surface area contributed by atoms with Crippen molar-refractivity contribution in [2.75, 3.05) is 7.11 Å². The van der Waals surface area contributed by atoms with Crippen LogP contribution in [0.5, 0.6) is 5.75 Å². The summed E-state index contributed by atoms with van der Waals surface area (Å²) in [6.45, 7) is 0. The van der Waals surface area contributed by atoms with Crippen LogP contribution < -0.4 is 10.5 Å². The highest BCUT2D eigenvalue weighted by Gasteiger charge is 2.27. The average Bonchev–Trinajstić information content (AvgIpc) is 2.74. The minimum Gasteiger partial charge on any atom is -0.494 e. The Kier molecular flexibility index (Phi) is 3.42. The van der Waals surface area contributed by atoms with Gasteiger partial charge in [-0.2, -0.15) is 0 Å². The summed E-state index contributed by atoms with van der Waals surface area (Å²) >= 11 is 0. The van der Waals surface area contributed by atoms with Gasteiger partial charge in [0.25, 0.3) is 0 Å². The monoisotopic (exact) mass is 260 g/mol. The van der Waals surface area contributed by atoms with Gasteiger partial charge in [0, 0.05) is 6.04 Å². The van der Waals surface area contributed by atoms with Crippen LogP contribution in [0.3, 0.4) is 0 Å². The summed E-state index contributed by atoms with van der Waals surface area (Å²) in [5.74, 6) is 1.77. The van der Waals surface area contributed by atoms with E-state index in [0.717, 1.165) is 35.6 Å². The van der Waals surface area contributed by atoms with Crippen LogP contribution in [0.25, 0.3) is 11.1 Å². The van der Waals surface area contributed by atoms with Gasteiger partial charge in [-0.3, -0.25) is 0 Å². The minimum absolute atomic E-state index is 0.154. The first-order valence-corrected chi connectivity index (χ1v) is 6.98. The zero-order chi connectivity index (χ0) is 13.2. The summed E-state index contributed by atoms with van der Waals surface area (Å²) in [6, 6.07) is 5.91. The lowest BCUT2D eigenvalue weighted by Crippen LogP contribution is -2.27. The van der Waals surface area contributed by atoms with E-state index in [9.17, 15) is 0 Å². The van der Waals surface area contributed by atoms with Crippen molar-refractivity contribution in [2.24, 2.45) is 5.73 Å². The van der Waals surface area contributed by atoms with Crippen molar-refractivity contribution in [2.45, 2.75) is 44.1 Å². The lowest BCUT2D eigenvalue weighted by Gasteiger charge is -2.17. The number of para-hydroxylation sites is 1. The van der Waals surface area contributed by atoms with Crippen molar-refractivity contribution < 1.29 is 9.15 Å². The van der Waals surface area contributed by atoms with Crippen molar-refractivity contribution >= 4 is 11.1 Å². The Morgan fingerprint density at radius 1 is 1.26 bits per heavy atom. The summed E-state index contributed by atoms with van der Waals surface area (Å²) in [6.07, 6.45) is 5.79. The Morgan fingerprint density at radius 2 is 2.11 bits per heavy atom. The van der Waals surface area contributed by atoms with Crippen LogP contribution in [0.2, 0.25) is 0 Å². The average molecular weight is 260 g/mol. The second kappa shape index (κ2) is 5.21. The SMILES string of the molecule is COc1cccc2oc(C3CCCCCC3N)nc12. The lowest BCUT2D eigenvalue weighted by molar-refractivity contribution is 0.402. The van der Waals surface area contributed by atoms with Crippen molar-refractivity contribution in [3.8, 4) is 5.75 Å². The molecule has 3 rings (SSSR count). The zero-order valence-electron chi connectivity index (χ0n) is 11.3. The fraction of sp³-hybridized carbons (Fsp3) is 0.533. The Morgan fingerprint density at radius 3 is 2.95 bits per heavy atom. The summed E-state index contributed by atoms with van der Waals surface area (Å²) in [7, 11) is 1.65. The Bertz CT molecular complexity index is 564. The fourth-order valence-electron chi connectivity index (χ4n) is 2.91. The molecule has 0 saturated heterocycles. The summed E-state index contributed by atoms with van der Waals surface area (Å²) in [4.78, 5) is 4.63. The molecule has 0 amide bonds. The highest BCUT2D eigenvalue weighted by molar-refractivity contribution is 5.79. The van der Waals surface area contributed by atoms with Crippen LogP contribution in [0, 0.1) is 0 Å². The molecule has 0 radical (unpaired) electrons. The molecule has 4 heteroatoms. The summed E-state index contributed by atoms with van der Waals surface area (Å²) < 4.78 is 11.2. The predicted octanol–water partition coefficient (Wildman–Crippen LogP) is 3.21. The number of rotatable bonds is 2. The third kappa shape index (κ3) is 2.32. The first-order valence-electron chi connectivity index (χ1n) is 6.98. The number of ether oxygens (including phenoxy) is 1. The summed E-state index contributed by atoms with van der Waals surface area (Å²) in [5, 5.41) is 0. The normalized spacial score (nSPS) is 24.3. The molecule has 1 heterocycles. The maximum absolute atomic E-state index is 6.27. The standard InChI is InChI=1S/C15H20N2O2/c1-18-12-8-5-9-13-14(12)17-15(19-13)10-6-3-2-4-7-11(10)16/h5,8-11H,2-4,6-7,16H2,1H3. The first kappa shape index (κ1) is 12.5. The van der Waals surface area contributed by atoms with Gasteiger partial charge in [-0.15, -0.1) is 0 Å². The van der Waals surface area contributed by atoms with Gasteiger partial charge in [-0.25, -0.2) is 4.98 Å². The number of hydrogen-bond acceptors (Lipinski definition) is 4. The number of nitrogens with zero attached hydrogens (tertiary/aromatic N) is 1. The molecule has 2 aromatic rings. The second-order valence-corrected chi connectivity index (χ2v) is 5.27. The van der Waals surface area contributed by atoms with Gasteiger partial charge < -0.3 is 14.9 Å². The van der Waals surface area contributed by atoms with Crippen molar-refractivity contribution in [3.63, 3.8) is 0 Å². The third-order valence-electron chi connectivity index (χ3n) is 4.01. The molecule has 2 unspecified atom stereocenters. The van der Waals surface area contributed by atoms with Gasteiger partial charge in [-0.05, 0) is 25.0 Å². The number of aromatic nitrogens is 1. The third-order valence-corrected chi connectivity index (χ3v) is 4.01. The molecule has 1 aromatic carbocycles. The van der Waals surface area contributed by atoms with E-state index in [1.54, 1.807) is 7.11 Å². The molecule has 2 N–H and O–H groups in total. The molecular formula is C15H20N2O2. The molecule has 1 aliphatic rings. The van der Waals surface area contributed by atoms with E-state index >= 15 is 0 Å². The van der Waals surface area contributed by atoms with E-state index in [4.69, 9.17) is 14.9 Å². The molecule has 1 fully saturated rings. The van der Waals surface area contributed by atoms with Gasteiger partial charge >= 0.3 is 0 Å². The van der Waals surface area contributed by atoms with Crippen LogP contribution in [0.4, 0.5) is 0 Å². The van der Waals surface area contributed by atoms with Crippen LogP contribution in [0.15, 0.2) is 22.6 Å². The van der Waals surface area contributed by atoms with E-state index in [1.807, 2.05) is 18.2 Å². The van der Waals surface area contributed by atoms with Gasteiger partial charge in [-0.1, -0.05) is 25.3 Å². The fourth-order valence-corrected chi connectivity index (χ4v) is 2.91. The number of oxazole rings is 1. The molecule has 0 spiro atoms. The number of benzene rings is 1. The molecule has 102 valence electrons. The molecule has 1 aromatic heterocycles. The Labute approximate surface area is 112 Å². The topological polar surface area (TPSA) is 61.3 Å². The van der Waals surface area contributed by atoms with Gasteiger partial charge in [0.1, 0.15) is 5.75 Å². The first-order chi connectivity index (χ1) is 9.29. The largest absolute Gasteiger partial charge is 0.494 e. The number of methoxy groups -OCH3 is 1. The van der Waals surface area contributed by atoms with Crippen LogP contribution in [0.1, 0.15) is 43.9 Å². The number of nitrogens with two attached hydrogens (primary N) is 1. The molecule has 2 atom stereocenters. The van der Waals surface area contributed by atoms with Gasteiger partial charge in [0.15, 0.2) is 17.0 Å². The maximum Gasteiger partial charge on any atom is 0.200 e. The van der Waals surface area contributed by atoms with Crippen molar-refractivity contribution in [1.29, 1.82) is 0 Å². The molecule has 1 saturated carbocycles. The molecule has 0 bridgehead atoms. The van der Waals surface area contributed by atoms with Crippen molar-refractivity contribution in [3.05, 3.63) is 24.1 Å². The van der Waals surface area contributed by atoms with E-state index in [-0.39, 0.29) is 12.0 Å². The quantitative estimate of drug-likeness (QED) is 0.842. The van der Waals surface area contributed by atoms with E-state index in [2.05, 4.69) is 4.98 Å². The van der Waals surface area contributed by atoms with Gasteiger partial charge in [0.05, 0.1) is 13.0 Å². The number of fused-ring (bicyclic) bond motifs is 1. The molecule has 19 heavy (non-hydrogen) atoms. The second-order valence-electron chi connectivity index (χ2n) is 5.27. The van der Waals surface area contributed by atoms with Crippen LogP contribution in [-0.2, 0) is 0 Å². The Balaban J connectivity index is 2.00. The Hall–Kier alpha value is -1.55. The minimum atomic E-state index is 0.154. The molecule has 0 aliphatic heterocycles. The number of hydrogen-bond donors (Lipinski definition) is 1. The summed E-state index contributed by atoms with van der Waals surface area (Å²) in [5.41, 5.74) is 7.86. The maximum atomic E-state index is 6.27. The highest BCUT2D eigenvalue weighted by Crippen LogP contribution is 2.34.